The Morgan fingerprint density at radius 3 is 2.36 bits per heavy atom. The highest BCUT2D eigenvalue weighted by Gasteiger charge is 2.41. The van der Waals surface area contributed by atoms with Crippen molar-refractivity contribution in [3.8, 4) is 11.5 Å². The molecule has 1 aliphatic carbocycles. The summed E-state index contributed by atoms with van der Waals surface area (Å²) in [5.41, 5.74) is 0.197. The van der Waals surface area contributed by atoms with E-state index in [9.17, 15) is 4.79 Å². The van der Waals surface area contributed by atoms with E-state index >= 15 is 0 Å². The molecule has 2 atom stereocenters. The van der Waals surface area contributed by atoms with Gasteiger partial charge in [0.1, 0.15) is 6.10 Å². The molecular weight excluding hydrogens is 336 g/mol. The van der Waals surface area contributed by atoms with E-state index in [0.29, 0.717) is 11.5 Å². The number of hydrogen-bond acceptors (Lipinski definition) is 4. The minimum Gasteiger partial charge on any atom is -0.493 e. The molecule has 1 aromatic carbocycles. The fourth-order valence-corrected chi connectivity index (χ4v) is 4.19. The van der Waals surface area contributed by atoms with Gasteiger partial charge in [-0.2, -0.15) is 0 Å². The first-order valence-electron chi connectivity index (χ1n) is 8.79. The molecule has 0 bridgehead atoms. The Labute approximate surface area is 151 Å². The number of hydrogen-bond donors (Lipinski definition) is 1. The lowest BCUT2D eigenvalue weighted by molar-refractivity contribution is 0.0695. The van der Waals surface area contributed by atoms with E-state index in [2.05, 4.69) is 33.9 Å². The maximum atomic E-state index is 11.2. The Morgan fingerprint density at radius 1 is 1.16 bits per heavy atom. The zero-order valence-corrected chi connectivity index (χ0v) is 17.1. The Balaban J connectivity index is 2.04. The lowest BCUT2D eigenvalue weighted by Crippen LogP contribution is -2.43. The van der Waals surface area contributed by atoms with E-state index in [1.807, 2.05) is 0 Å². The van der Waals surface area contributed by atoms with Crippen molar-refractivity contribution in [1.82, 2.24) is 0 Å². The minimum atomic E-state index is -1.79. The second-order valence-corrected chi connectivity index (χ2v) is 13.0. The second kappa shape index (κ2) is 7.38. The zero-order valence-electron chi connectivity index (χ0n) is 16.1. The highest BCUT2D eigenvalue weighted by molar-refractivity contribution is 6.74. The molecule has 0 spiro atoms. The number of rotatable bonds is 6. The standard InChI is InChI=1S/C19H30O5Si/c1-19(2,3)25(5,6)24-15-9-8-14(12-15)23-17-11-13(18(20)21)7-10-16(17)22-4/h7,10-11,14-15H,8-9,12H2,1-6H3,(H,20,21)/t14-,15+/m0/s1. The summed E-state index contributed by atoms with van der Waals surface area (Å²) in [5.74, 6) is 0.0669. The minimum absolute atomic E-state index is 0.0210. The van der Waals surface area contributed by atoms with Gasteiger partial charge < -0.3 is 19.0 Å². The Hall–Kier alpha value is -1.53. The number of benzene rings is 1. The molecule has 0 aromatic heterocycles. The second-order valence-electron chi connectivity index (χ2n) is 8.22. The normalized spacial score (nSPS) is 21.2. The van der Waals surface area contributed by atoms with Crippen molar-refractivity contribution >= 4 is 14.3 Å². The topological polar surface area (TPSA) is 65.0 Å². The number of aromatic carboxylic acids is 1. The van der Waals surface area contributed by atoms with Crippen molar-refractivity contribution in [3.63, 3.8) is 0 Å². The first-order chi connectivity index (χ1) is 11.5. The maximum Gasteiger partial charge on any atom is 0.335 e. The van der Waals surface area contributed by atoms with Crippen LogP contribution in [0.3, 0.4) is 0 Å². The summed E-state index contributed by atoms with van der Waals surface area (Å²) in [7, 11) is -0.235. The summed E-state index contributed by atoms with van der Waals surface area (Å²) in [6.07, 6.45) is 2.93. The highest BCUT2D eigenvalue weighted by atomic mass is 28.4. The van der Waals surface area contributed by atoms with Crippen LogP contribution in [0.25, 0.3) is 0 Å². The average Bonchev–Trinajstić information content (AvgIpc) is 2.92. The Kier molecular flexibility index (Phi) is 5.84. The van der Waals surface area contributed by atoms with Gasteiger partial charge in [-0.15, -0.1) is 0 Å². The lowest BCUT2D eigenvalue weighted by atomic mass is 10.2. The number of carboxylic acid groups (broad SMARTS) is 1. The van der Waals surface area contributed by atoms with Crippen LogP contribution in [0.4, 0.5) is 0 Å². The van der Waals surface area contributed by atoms with E-state index in [4.69, 9.17) is 19.0 Å². The smallest absolute Gasteiger partial charge is 0.335 e. The average molecular weight is 367 g/mol. The molecule has 1 saturated carbocycles. The predicted octanol–water partition coefficient (Wildman–Crippen LogP) is 4.72. The van der Waals surface area contributed by atoms with Crippen LogP contribution in [0.5, 0.6) is 11.5 Å². The first kappa shape index (κ1) is 19.8. The van der Waals surface area contributed by atoms with Gasteiger partial charge in [0.25, 0.3) is 0 Å². The van der Waals surface area contributed by atoms with Crippen molar-refractivity contribution in [2.75, 3.05) is 7.11 Å². The first-order valence-corrected chi connectivity index (χ1v) is 11.7. The number of carbonyl (C=O) groups is 1. The third-order valence-electron chi connectivity index (χ3n) is 5.31. The molecule has 1 N–H and O–H groups in total. The van der Waals surface area contributed by atoms with Gasteiger partial charge in [-0.05, 0) is 49.2 Å². The Morgan fingerprint density at radius 2 is 1.80 bits per heavy atom. The predicted molar refractivity (Wildman–Crippen MR) is 100 cm³/mol. The summed E-state index contributed by atoms with van der Waals surface area (Å²) in [4.78, 5) is 11.2. The maximum absolute atomic E-state index is 11.2. The summed E-state index contributed by atoms with van der Waals surface area (Å²) < 4.78 is 17.8. The van der Waals surface area contributed by atoms with Crippen molar-refractivity contribution in [3.05, 3.63) is 23.8 Å². The highest BCUT2D eigenvalue weighted by Crippen LogP contribution is 2.40. The zero-order chi connectivity index (χ0) is 18.8. The molecular formula is C19H30O5Si. The van der Waals surface area contributed by atoms with Gasteiger partial charge in [-0.3, -0.25) is 0 Å². The molecule has 5 nitrogen and oxygen atoms in total. The van der Waals surface area contributed by atoms with Gasteiger partial charge in [-0.1, -0.05) is 20.8 Å². The van der Waals surface area contributed by atoms with Crippen molar-refractivity contribution in [2.24, 2.45) is 0 Å². The van der Waals surface area contributed by atoms with Crippen LogP contribution in [0.15, 0.2) is 18.2 Å². The summed E-state index contributed by atoms with van der Waals surface area (Å²) in [6, 6.07) is 4.69. The molecule has 1 fully saturated rings. The quantitative estimate of drug-likeness (QED) is 0.738. The molecule has 0 radical (unpaired) electrons. The van der Waals surface area contributed by atoms with Crippen molar-refractivity contribution < 1.29 is 23.8 Å². The molecule has 0 aliphatic heterocycles. The van der Waals surface area contributed by atoms with E-state index < -0.39 is 14.3 Å². The van der Waals surface area contributed by atoms with Crippen LogP contribution < -0.4 is 9.47 Å². The van der Waals surface area contributed by atoms with E-state index in [0.717, 1.165) is 19.3 Å². The van der Waals surface area contributed by atoms with Crippen LogP contribution in [-0.4, -0.2) is 38.7 Å². The molecule has 0 saturated heterocycles. The molecule has 1 aromatic rings. The largest absolute Gasteiger partial charge is 0.493 e. The fourth-order valence-electron chi connectivity index (χ4n) is 2.79. The van der Waals surface area contributed by atoms with Crippen LogP contribution in [-0.2, 0) is 4.43 Å². The number of carboxylic acids is 1. The van der Waals surface area contributed by atoms with E-state index in [1.54, 1.807) is 13.2 Å². The molecule has 0 amide bonds. The van der Waals surface area contributed by atoms with Crippen molar-refractivity contribution in [2.45, 2.75) is 70.4 Å². The summed E-state index contributed by atoms with van der Waals surface area (Å²) in [5, 5.41) is 9.35. The lowest BCUT2D eigenvalue weighted by Gasteiger charge is -2.38. The van der Waals surface area contributed by atoms with Gasteiger partial charge >= 0.3 is 5.97 Å². The SMILES string of the molecule is COc1ccc(C(=O)O)cc1O[C@H]1CC[C@@H](O[Si](C)(C)C(C)(C)C)C1. The third-order valence-corrected chi connectivity index (χ3v) is 9.84. The summed E-state index contributed by atoms with van der Waals surface area (Å²) in [6.45, 7) is 11.3. The molecule has 6 heteroatoms. The van der Waals surface area contributed by atoms with Crippen LogP contribution in [0.2, 0.25) is 18.1 Å². The van der Waals surface area contributed by atoms with Crippen LogP contribution >= 0.6 is 0 Å². The Bertz CT molecular complexity index is 621. The molecule has 140 valence electrons. The van der Waals surface area contributed by atoms with Gasteiger partial charge in [0.05, 0.1) is 12.7 Å². The molecule has 0 heterocycles. The number of ether oxygens (including phenoxy) is 2. The van der Waals surface area contributed by atoms with Crippen LogP contribution in [0, 0.1) is 0 Å². The van der Waals surface area contributed by atoms with Gasteiger partial charge in [0.2, 0.25) is 0 Å². The number of methoxy groups -OCH3 is 1. The monoisotopic (exact) mass is 366 g/mol. The third kappa shape index (κ3) is 4.76. The molecule has 1 aliphatic rings. The van der Waals surface area contributed by atoms with Crippen molar-refractivity contribution in [1.29, 1.82) is 0 Å². The molecule has 0 unspecified atom stereocenters. The van der Waals surface area contributed by atoms with Gasteiger partial charge in [0, 0.05) is 12.5 Å². The van der Waals surface area contributed by atoms with E-state index in [-0.39, 0.29) is 22.8 Å². The van der Waals surface area contributed by atoms with Crippen LogP contribution in [0.1, 0.15) is 50.4 Å². The van der Waals surface area contributed by atoms with Gasteiger partial charge in [-0.25, -0.2) is 4.79 Å². The molecule has 25 heavy (non-hydrogen) atoms. The van der Waals surface area contributed by atoms with E-state index in [1.165, 1.54) is 12.1 Å². The summed E-state index contributed by atoms with van der Waals surface area (Å²) >= 11 is 0. The fraction of sp³-hybridized carbons (Fsp3) is 0.632. The van der Waals surface area contributed by atoms with Gasteiger partial charge in [0.15, 0.2) is 19.8 Å². The molecule has 2 rings (SSSR count).